The Morgan fingerprint density at radius 3 is 2.29 bits per heavy atom. The topological polar surface area (TPSA) is 24.4 Å². The fourth-order valence-electron chi connectivity index (χ4n) is 1.42. The van der Waals surface area contributed by atoms with Gasteiger partial charge in [-0.05, 0) is 36.8 Å². The number of hydrogen-bond acceptors (Lipinski definition) is 2. The van der Waals surface area contributed by atoms with E-state index in [2.05, 4.69) is 26.5 Å². The minimum Gasteiger partial charge on any atom is -0.278 e. The first-order chi connectivity index (χ1) is 8.25. The maximum absolute atomic E-state index is 4.35. The lowest BCUT2D eigenvalue weighted by Crippen LogP contribution is -1.99. The van der Waals surface area contributed by atoms with Crippen LogP contribution in [0.4, 0.5) is 5.69 Å². The van der Waals surface area contributed by atoms with E-state index in [9.17, 15) is 0 Å². The lowest BCUT2D eigenvalue weighted by Gasteiger charge is -2.03. The van der Waals surface area contributed by atoms with E-state index in [-0.39, 0.29) is 0 Å². The summed E-state index contributed by atoms with van der Waals surface area (Å²) < 4.78 is 1.06. The standard InChI is InChI=1S/C14H13BrN2/c1-11(12-5-3-2-4-6-12)16-17-14-9-7-13(15)8-10-14/h2-10,17H,1H3. The van der Waals surface area contributed by atoms with Crippen molar-refractivity contribution in [1.29, 1.82) is 0 Å². The third kappa shape index (κ3) is 3.43. The molecule has 0 heterocycles. The van der Waals surface area contributed by atoms with Crippen molar-refractivity contribution in [3.63, 3.8) is 0 Å². The summed E-state index contributed by atoms with van der Waals surface area (Å²) in [5, 5.41) is 4.35. The molecular weight excluding hydrogens is 276 g/mol. The molecule has 0 bridgehead atoms. The second-order valence-corrected chi connectivity index (χ2v) is 4.60. The summed E-state index contributed by atoms with van der Waals surface area (Å²) in [6.45, 7) is 1.99. The quantitative estimate of drug-likeness (QED) is 0.661. The van der Waals surface area contributed by atoms with Crippen molar-refractivity contribution >= 4 is 27.3 Å². The molecule has 0 unspecified atom stereocenters. The number of hydrazone groups is 1. The largest absolute Gasteiger partial charge is 0.278 e. The van der Waals surface area contributed by atoms with Crippen molar-refractivity contribution in [1.82, 2.24) is 0 Å². The van der Waals surface area contributed by atoms with Crippen LogP contribution in [0, 0.1) is 0 Å². The maximum Gasteiger partial charge on any atom is 0.0648 e. The van der Waals surface area contributed by atoms with Crippen molar-refractivity contribution in [2.24, 2.45) is 5.10 Å². The van der Waals surface area contributed by atoms with Gasteiger partial charge in [-0.25, -0.2) is 0 Å². The molecule has 0 spiro atoms. The first-order valence-corrected chi connectivity index (χ1v) is 6.16. The summed E-state index contributed by atoms with van der Waals surface area (Å²) in [6, 6.07) is 18.0. The highest BCUT2D eigenvalue weighted by Crippen LogP contribution is 2.14. The van der Waals surface area contributed by atoms with E-state index in [1.54, 1.807) is 0 Å². The van der Waals surface area contributed by atoms with E-state index in [0.717, 1.165) is 21.4 Å². The van der Waals surface area contributed by atoms with Gasteiger partial charge in [0.25, 0.3) is 0 Å². The van der Waals surface area contributed by atoms with Gasteiger partial charge in [0.2, 0.25) is 0 Å². The van der Waals surface area contributed by atoms with Crippen molar-refractivity contribution in [2.45, 2.75) is 6.92 Å². The molecule has 0 atom stereocenters. The Hall–Kier alpha value is -1.61. The fourth-order valence-corrected chi connectivity index (χ4v) is 1.68. The molecule has 17 heavy (non-hydrogen) atoms. The first-order valence-electron chi connectivity index (χ1n) is 5.37. The van der Waals surface area contributed by atoms with Crippen molar-refractivity contribution in [2.75, 3.05) is 5.43 Å². The van der Waals surface area contributed by atoms with Gasteiger partial charge in [-0.2, -0.15) is 5.10 Å². The van der Waals surface area contributed by atoms with Crippen LogP contribution >= 0.6 is 15.9 Å². The zero-order valence-corrected chi connectivity index (χ0v) is 11.1. The molecule has 2 aromatic rings. The number of anilines is 1. The van der Waals surface area contributed by atoms with E-state index in [4.69, 9.17) is 0 Å². The summed E-state index contributed by atoms with van der Waals surface area (Å²) in [5.74, 6) is 0. The minimum absolute atomic E-state index is 0.966. The minimum atomic E-state index is 0.966. The highest BCUT2D eigenvalue weighted by Gasteiger charge is 1.95. The number of halogens is 1. The lowest BCUT2D eigenvalue weighted by molar-refractivity contribution is 1.32. The molecule has 0 radical (unpaired) electrons. The summed E-state index contributed by atoms with van der Waals surface area (Å²) >= 11 is 3.40. The molecule has 0 aliphatic heterocycles. The molecular formula is C14H13BrN2. The average molecular weight is 289 g/mol. The van der Waals surface area contributed by atoms with Crippen LogP contribution in [0.1, 0.15) is 12.5 Å². The third-order valence-corrected chi connectivity index (χ3v) is 2.92. The Kier molecular flexibility index (Phi) is 3.94. The number of nitrogens with one attached hydrogen (secondary N) is 1. The summed E-state index contributed by atoms with van der Waals surface area (Å²) in [5.41, 5.74) is 6.10. The molecule has 0 aliphatic carbocycles. The van der Waals surface area contributed by atoms with Gasteiger partial charge in [0.15, 0.2) is 0 Å². The van der Waals surface area contributed by atoms with Crippen LogP contribution in [0.15, 0.2) is 64.2 Å². The molecule has 2 aromatic carbocycles. The van der Waals surface area contributed by atoms with E-state index in [1.165, 1.54) is 0 Å². The molecule has 86 valence electrons. The zero-order chi connectivity index (χ0) is 12.1. The third-order valence-electron chi connectivity index (χ3n) is 2.39. The number of benzene rings is 2. The maximum atomic E-state index is 4.35. The van der Waals surface area contributed by atoms with Crippen molar-refractivity contribution < 1.29 is 0 Å². The molecule has 1 N–H and O–H groups in total. The predicted octanol–water partition coefficient (Wildman–Crippen LogP) is 4.29. The molecule has 3 heteroatoms. The van der Waals surface area contributed by atoms with E-state index in [1.807, 2.05) is 61.5 Å². The zero-order valence-electron chi connectivity index (χ0n) is 9.52. The highest BCUT2D eigenvalue weighted by molar-refractivity contribution is 9.10. The Labute approximate surface area is 110 Å². The summed E-state index contributed by atoms with van der Waals surface area (Å²) in [7, 11) is 0. The monoisotopic (exact) mass is 288 g/mol. The van der Waals surface area contributed by atoms with Gasteiger partial charge in [0.1, 0.15) is 0 Å². The van der Waals surface area contributed by atoms with Crippen LogP contribution in [0.2, 0.25) is 0 Å². The van der Waals surface area contributed by atoms with Crippen molar-refractivity contribution in [3.8, 4) is 0 Å². The highest BCUT2D eigenvalue weighted by atomic mass is 79.9. The normalized spacial score (nSPS) is 11.3. The molecule has 2 rings (SSSR count). The van der Waals surface area contributed by atoms with Gasteiger partial charge < -0.3 is 0 Å². The Morgan fingerprint density at radius 2 is 1.65 bits per heavy atom. The predicted molar refractivity (Wildman–Crippen MR) is 76.4 cm³/mol. The smallest absolute Gasteiger partial charge is 0.0648 e. The molecule has 0 fully saturated rings. The van der Waals surface area contributed by atoms with Crippen LogP contribution in [-0.2, 0) is 0 Å². The number of hydrogen-bond donors (Lipinski definition) is 1. The Morgan fingerprint density at radius 1 is 1.00 bits per heavy atom. The van der Waals surface area contributed by atoms with Gasteiger partial charge >= 0.3 is 0 Å². The van der Waals surface area contributed by atoms with Gasteiger partial charge in [-0.15, -0.1) is 0 Å². The number of rotatable bonds is 3. The van der Waals surface area contributed by atoms with Crippen LogP contribution in [0.5, 0.6) is 0 Å². The van der Waals surface area contributed by atoms with Crippen LogP contribution in [-0.4, -0.2) is 5.71 Å². The second kappa shape index (κ2) is 5.64. The molecule has 0 saturated heterocycles. The number of nitrogens with zero attached hydrogens (tertiary/aromatic N) is 1. The SMILES string of the molecule is CC(=NNc1ccc(Br)cc1)c1ccccc1. The molecule has 0 amide bonds. The van der Waals surface area contributed by atoms with Gasteiger partial charge in [0, 0.05) is 4.47 Å². The Bertz CT molecular complexity index is 504. The van der Waals surface area contributed by atoms with E-state index in [0.29, 0.717) is 0 Å². The second-order valence-electron chi connectivity index (χ2n) is 3.68. The van der Waals surface area contributed by atoms with Gasteiger partial charge in [-0.3, -0.25) is 5.43 Å². The van der Waals surface area contributed by atoms with Crippen LogP contribution in [0.3, 0.4) is 0 Å². The van der Waals surface area contributed by atoms with Crippen LogP contribution < -0.4 is 5.43 Å². The lowest BCUT2D eigenvalue weighted by atomic mass is 10.1. The molecule has 0 aliphatic rings. The first kappa shape index (κ1) is 11.9. The Balaban J connectivity index is 2.08. The van der Waals surface area contributed by atoms with Gasteiger partial charge in [-0.1, -0.05) is 46.3 Å². The van der Waals surface area contributed by atoms with E-state index < -0.39 is 0 Å². The summed E-state index contributed by atoms with van der Waals surface area (Å²) in [6.07, 6.45) is 0. The van der Waals surface area contributed by atoms with Crippen molar-refractivity contribution in [3.05, 3.63) is 64.6 Å². The van der Waals surface area contributed by atoms with Gasteiger partial charge in [0.05, 0.1) is 11.4 Å². The molecule has 0 aromatic heterocycles. The molecule has 2 nitrogen and oxygen atoms in total. The summed E-state index contributed by atoms with van der Waals surface area (Å²) in [4.78, 5) is 0. The molecule has 0 saturated carbocycles. The average Bonchev–Trinajstić information content (AvgIpc) is 2.39. The van der Waals surface area contributed by atoms with Crippen LogP contribution in [0.25, 0.3) is 0 Å². The fraction of sp³-hybridized carbons (Fsp3) is 0.0714. The van der Waals surface area contributed by atoms with E-state index >= 15 is 0 Å².